The van der Waals surface area contributed by atoms with Crippen LogP contribution in [0.5, 0.6) is 0 Å². The van der Waals surface area contributed by atoms with Gasteiger partial charge in [-0.1, -0.05) is 30.4 Å². The van der Waals surface area contributed by atoms with Crippen LogP contribution in [-0.2, 0) is 33.8 Å². The lowest BCUT2D eigenvalue weighted by atomic mass is 9.90. The number of fused-ring (bicyclic) bond motifs is 2. The maximum absolute atomic E-state index is 14.4. The summed E-state index contributed by atoms with van der Waals surface area (Å²) >= 11 is 0. The topological polar surface area (TPSA) is 102 Å². The zero-order chi connectivity index (χ0) is 34.0. The zero-order valence-corrected chi connectivity index (χ0v) is 28.2. The van der Waals surface area contributed by atoms with Gasteiger partial charge in [-0.05, 0) is 99.6 Å². The number of benzene rings is 1. The first-order chi connectivity index (χ1) is 22.4. The number of aryl methyl sites for hydroxylation is 2. The molecule has 1 amide bonds. The number of likely N-dealkylation sites (tertiary alicyclic amines) is 1. The molecule has 47 heavy (non-hydrogen) atoms. The minimum atomic E-state index is -0.615. The third-order valence-electron chi connectivity index (χ3n) is 9.92. The van der Waals surface area contributed by atoms with Gasteiger partial charge < -0.3 is 4.90 Å². The Morgan fingerprint density at radius 3 is 2.49 bits per heavy atom. The molecule has 2 aromatic heterocycles. The summed E-state index contributed by atoms with van der Waals surface area (Å²) in [5.74, 6) is -0.245. The average Bonchev–Trinajstić information content (AvgIpc) is 3.43. The number of rotatable bonds is 16. The normalized spacial score (nSPS) is 19.8. The van der Waals surface area contributed by atoms with E-state index in [2.05, 4.69) is 29.8 Å². The van der Waals surface area contributed by atoms with E-state index in [4.69, 9.17) is 0 Å². The predicted molar refractivity (Wildman–Crippen MR) is 185 cm³/mol. The Kier molecular flexibility index (Phi) is 9.89. The highest BCUT2D eigenvalue weighted by Gasteiger charge is 2.66. The first kappa shape index (κ1) is 33.9. The number of Topliss-reactive ketones (excluding diaryl/α,β-unsaturated/α-hetero) is 3. The van der Waals surface area contributed by atoms with E-state index in [-0.39, 0.29) is 47.7 Å². The van der Waals surface area contributed by atoms with Gasteiger partial charge in [0.15, 0.2) is 11.6 Å². The van der Waals surface area contributed by atoms with Crippen LogP contribution in [0.15, 0.2) is 56.2 Å². The van der Waals surface area contributed by atoms with Gasteiger partial charge in [-0.25, -0.2) is 0 Å². The second-order valence-corrected chi connectivity index (χ2v) is 13.5. The lowest BCUT2D eigenvalue weighted by Crippen LogP contribution is -2.45. The molecular weight excluding hydrogens is 588 g/mol. The van der Waals surface area contributed by atoms with Gasteiger partial charge in [-0.2, -0.15) is 5.10 Å². The number of amides is 1. The summed E-state index contributed by atoms with van der Waals surface area (Å²) in [5.41, 5.74) is 5.91. The maximum atomic E-state index is 14.4. The van der Waals surface area contributed by atoms with Crippen LogP contribution in [0.3, 0.4) is 0 Å². The highest BCUT2D eigenvalue weighted by atomic mass is 16.2. The van der Waals surface area contributed by atoms with Crippen LogP contribution in [0.25, 0.3) is 16.5 Å². The van der Waals surface area contributed by atoms with Gasteiger partial charge in [-0.15, -0.1) is 13.2 Å². The van der Waals surface area contributed by atoms with Gasteiger partial charge in [0.2, 0.25) is 5.91 Å². The van der Waals surface area contributed by atoms with Crippen molar-refractivity contribution in [3.8, 4) is 0 Å². The lowest BCUT2D eigenvalue weighted by molar-refractivity contribution is -0.139. The molecule has 0 unspecified atom stereocenters. The molecule has 1 aromatic carbocycles. The van der Waals surface area contributed by atoms with Crippen molar-refractivity contribution in [2.45, 2.75) is 104 Å². The number of piperidine rings is 1. The number of nitrogens with zero attached hydrogens (tertiary/aromatic N) is 4. The van der Waals surface area contributed by atoms with Gasteiger partial charge in [0, 0.05) is 36.9 Å². The largest absolute Gasteiger partial charge is 0.327 e. The Morgan fingerprint density at radius 2 is 1.81 bits per heavy atom. The summed E-state index contributed by atoms with van der Waals surface area (Å²) in [4.78, 5) is 60.2. The Bertz CT molecular complexity index is 1800. The van der Waals surface area contributed by atoms with Crippen molar-refractivity contribution in [1.29, 1.82) is 0 Å². The number of ketones is 3. The Hall–Kier alpha value is -4.46. The van der Waals surface area contributed by atoms with Crippen molar-refractivity contribution in [1.82, 2.24) is 19.7 Å². The summed E-state index contributed by atoms with van der Waals surface area (Å²) in [7, 11) is 0. The fourth-order valence-electron chi connectivity index (χ4n) is 7.27. The van der Waals surface area contributed by atoms with Crippen LogP contribution in [0.4, 0.5) is 0 Å². The summed E-state index contributed by atoms with van der Waals surface area (Å²) in [6, 6.07) is 7.08. The Balaban J connectivity index is 1.47. The van der Waals surface area contributed by atoms with Crippen molar-refractivity contribution >= 4 is 39.7 Å². The monoisotopic (exact) mass is 634 g/mol. The van der Waals surface area contributed by atoms with Crippen LogP contribution in [0, 0.1) is 19.3 Å². The molecule has 1 saturated heterocycles. The fourth-order valence-corrected chi connectivity index (χ4v) is 7.27. The molecule has 2 aliphatic rings. The Labute approximate surface area is 277 Å². The van der Waals surface area contributed by atoms with Gasteiger partial charge >= 0.3 is 0 Å². The minimum absolute atomic E-state index is 0.0448. The first-order valence-electron chi connectivity index (χ1n) is 16.6. The molecule has 0 N–H and O–H groups in total. The van der Waals surface area contributed by atoms with Crippen molar-refractivity contribution in [2.24, 2.45) is 5.41 Å². The van der Waals surface area contributed by atoms with Gasteiger partial charge in [0.25, 0.3) is 0 Å². The molecule has 3 aromatic rings. The van der Waals surface area contributed by atoms with Crippen molar-refractivity contribution < 1.29 is 19.2 Å². The van der Waals surface area contributed by atoms with Crippen molar-refractivity contribution in [2.75, 3.05) is 0 Å². The number of carbonyl (C=O) groups is 4. The van der Waals surface area contributed by atoms with Crippen LogP contribution < -0.4 is 0 Å². The highest BCUT2D eigenvalue weighted by Crippen LogP contribution is 2.62. The molecule has 1 aliphatic heterocycles. The fraction of sp³-hybridized carbons (Fsp3) is 0.436. The smallest absolute Gasteiger partial charge is 0.245 e. The van der Waals surface area contributed by atoms with Crippen molar-refractivity contribution in [3.63, 3.8) is 0 Å². The van der Waals surface area contributed by atoms with E-state index in [1.807, 2.05) is 51.1 Å². The van der Waals surface area contributed by atoms with E-state index in [9.17, 15) is 19.2 Å². The molecule has 246 valence electrons. The molecule has 3 atom stereocenters. The zero-order valence-electron chi connectivity index (χ0n) is 28.2. The van der Waals surface area contributed by atoms with Crippen LogP contribution >= 0.6 is 0 Å². The van der Waals surface area contributed by atoms with Crippen LogP contribution in [0.2, 0.25) is 0 Å². The van der Waals surface area contributed by atoms with Crippen LogP contribution in [0.1, 0.15) is 97.4 Å². The van der Waals surface area contributed by atoms with Crippen LogP contribution in [-0.4, -0.2) is 55.0 Å². The average molecular weight is 635 g/mol. The van der Waals surface area contributed by atoms with Gasteiger partial charge in [0.05, 0.1) is 23.7 Å². The second kappa shape index (κ2) is 13.7. The second-order valence-electron chi connectivity index (χ2n) is 13.5. The molecule has 8 nitrogen and oxygen atoms in total. The van der Waals surface area contributed by atoms with E-state index in [0.717, 1.165) is 52.9 Å². The van der Waals surface area contributed by atoms with E-state index in [1.54, 1.807) is 15.7 Å². The van der Waals surface area contributed by atoms with Crippen molar-refractivity contribution in [3.05, 3.63) is 89.9 Å². The summed E-state index contributed by atoms with van der Waals surface area (Å²) in [6.07, 6.45) is 8.79. The third-order valence-corrected chi connectivity index (χ3v) is 9.92. The Morgan fingerprint density at radius 1 is 1.04 bits per heavy atom. The number of hydrogen-bond donors (Lipinski definition) is 0. The summed E-state index contributed by atoms with van der Waals surface area (Å²) in [6.45, 7) is 18.9. The van der Waals surface area contributed by atoms with E-state index < -0.39 is 6.04 Å². The maximum Gasteiger partial charge on any atom is 0.245 e. The van der Waals surface area contributed by atoms with Gasteiger partial charge in [0.1, 0.15) is 18.0 Å². The predicted octanol–water partition coefficient (Wildman–Crippen LogP) is 6.89. The number of unbranched alkanes of at least 4 members (excludes halogenated alkanes) is 1. The summed E-state index contributed by atoms with van der Waals surface area (Å²) in [5, 5.41) is 5.34. The quantitative estimate of drug-likeness (QED) is 0.0966. The lowest BCUT2D eigenvalue weighted by Gasteiger charge is -2.27. The molecule has 5 rings (SSSR count). The molecule has 2 fully saturated rings. The molecular formula is C39H46N4O4. The molecule has 8 heteroatoms. The van der Waals surface area contributed by atoms with E-state index in [0.29, 0.717) is 48.7 Å². The number of carbonyl (C=O) groups excluding carboxylic acids is 4. The molecule has 3 heterocycles. The summed E-state index contributed by atoms with van der Waals surface area (Å²) < 4.78 is 1.62. The molecule has 1 saturated carbocycles. The number of hydrogen-bond acceptors (Lipinski definition) is 6. The number of pyridine rings is 1. The first-order valence-corrected chi connectivity index (χ1v) is 16.6. The molecule has 0 radical (unpaired) electrons. The van der Waals surface area contributed by atoms with E-state index in [1.165, 1.54) is 6.92 Å². The molecule has 0 spiro atoms. The number of aromatic nitrogens is 3. The standard InChI is InChI=1S/C39H46N4O4/c1-8-10-11-13-30(45)16-17-39-21-33(34(46)20-32-25(5)14-15-26(6)40-32)43(35(39)22-39)36(47)23-42-38-28(12-9-2)18-29(24(3)4)19-31(38)37(41-42)27(7)44/h8-9,14-15,18-19,33,35H,1-3,10-13,16-17,20-23H2,4-7H3/t33-,35+,39-/m0/s1. The highest BCUT2D eigenvalue weighted by molar-refractivity contribution is 6.06. The SMILES string of the molecule is C=CCCCC(=O)CC[C@@]12C[C@@H](C(=O)Cc3nc(C)ccc3C)N(C(=O)Cn3nc(C(C)=O)c4cc(C(=C)C)cc(CC=C)c43)[C@@H]1C2. The van der Waals surface area contributed by atoms with Gasteiger partial charge in [-0.3, -0.25) is 28.8 Å². The molecule has 0 bridgehead atoms. The third kappa shape index (κ3) is 6.97. The molecule has 1 aliphatic carbocycles. The minimum Gasteiger partial charge on any atom is -0.327 e. The van der Waals surface area contributed by atoms with E-state index >= 15 is 0 Å². The number of allylic oxidation sites excluding steroid dienone is 3.